The minimum absolute atomic E-state index is 0.128. The number of ether oxygens (including phenoxy) is 1. The second-order valence-corrected chi connectivity index (χ2v) is 12.9. The molecule has 1 aromatic carbocycles. The smallest absolute Gasteiger partial charge is 0.146 e. The molecule has 4 aliphatic rings. The molecule has 0 amide bonds. The van der Waals surface area contributed by atoms with E-state index in [9.17, 15) is 0 Å². The standard InChI is InChI=1S/C34H43N5O/c1-23(2)29-7-4-5-8-30(29)31-9-6-14-39(31)27-19-34(20-27)11-15-38(16-12-34)26-18-32(24(3)36-21-26)40-28-17-25-10-13-35-33(25)37-22-28/h4-5,7-8,10,13,17-18,21-24,27,31,36H,6,9,11-12,14-16,19-20H2,1-3H3,(H,35,37)/t24?,31-/m0/s1. The predicted octanol–water partition coefficient (Wildman–Crippen LogP) is 6.86. The zero-order chi connectivity index (χ0) is 27.3. The van der Waals surface area contributed by atoms with Crippen molar-refractivity contribution in [2.45, 2.75) is 83.3 Å². The van der Waals surface area contributed by atoms with Crippen LogP contribution in [0.4, 0.5) is 0 Å². The predicted molar refractivity (Wildman–Crippen MR) is 161 cm³/mol. The average Bonchev–Trinajstić information content (AvgIpc) is 3.62. The van der Waals surface area contributed by atoms with Crippen LogP contribution in [0.2, 0.25) is 0 Å². The summed E-state index contributed by atoms with van der Waals surface area (Å²) in [5.41, 5.74) is 5.79. The van der Waals surface area contributed by atoms with Crippen molar-refractivity contribution in [1.29, 1.82) is 0 Å². The number of aromatic amines is 1. The first-order valence-electron chi connectivity index (χ1n) is 15.4. The van der Waals surface area contributed by atoms with Gasteiger partial charge >= 0.3 is 0 Å². The number of rotatable bonds is 6. The Balaban J connectivity index is 0.975. The quantitative estimate of drug-likeness (QED) is 0.360. The van der Waals surface area contributed by atoms with Crippen LogP contribution in [0.5, 0.6) is 5.75 Å². The van der Waals surface area contributed by atoms with E-state index < -0.39 is 0 Å². The van der Waals surface area contributed by atoms with Gasteiger partial charge in [0, 0.05) is 49.0 Å². The lowest BCUT2D eigenvalue weighted by molar-refractivity contribution is -0.0422. The lowest BCUT2D eigenvalue weighted by atomic mass is 9.59. The highest BCUT2D eigenvalue weighted by Crippen LogP contribution is 2.54. The Bertz CT molecular complexity index is 1420. The van der Waals surface area contributed by atoms with Crippen LogP contribution in [-0.4, -0.2) is 51.5 Å². The van der Waals surface area contributed by atoms with Gasteiger partial charge < -0.3 is 19.9 Å². The molecule has 2 aromatic heterocycles. The SMILES string of the molecule is CC1NC=C(N2CCC3(CC2)CC(N2CCC[C@H]2c2ccccc2C(C)C)C3)C=C1Oc1cnc2[nH]ccc2c1. The zero-order valence-electron chi connectivity index (χ0n) is 24.2. The fourth-order valence-electron chi connectivity index (χ4n) is 7.74. The zero-order valence-corrected chi connectivity index (χ0v) is 24.2. The molecule has 0 radical (unpaired) electrons. The summed E-state index contributed by atoms with van der Waals surface area (Å²) in [5, 5.41) is 4.59. The molecule has 3 aromatic rings. The first-order valence-corrected chi connectivity index (χ1v) is 15.4. The Labute approximate surface area is 238 Å². The third-order valence-electron chi connectivity index (χ3n) is 10.1. The third kappa shape index (κ3) is 4.70. The molecule has 0 bridgehead atoms. The second-order valence-electron chi connectivity index (χ2n) is 12.9. The summed E-state index contributed by atoms with van der Waals surface area (Å²) in [6, 6.07) is 14.8. The summed E-state index contributed by atoms with van der Waals surface area (Å²) in [4.78, 5) is 13.1. The minimum Gasteiger partial charge on any atom is -0.458 e. The van der Waals surface area contributed by atoms with Crippen LogP contribution in [-0.2, 0) is 0 Å². The first-order chi connectivity index (χ1) is 19.5. The molecule has 40 heavy (non-hydrogen) atoms. The third-order valence-corrected chi connectivity index (χ3v) is 10.1. The van der Waals surface area contributed by atoms with E-state index in [1.807, 2.05) is 12.3 Å². The topological polar surface area (TPSA) is 56.4 Å². The van der Waals surface area contributed by atoms with Crippen molar-refractivity contribution < 1.29 is 4.74 Å². The largest absolute Gasteiger partial charge is 0.458 e. The fourth-order valence-corrected chi connectivity index (χ4v) is 7.74. The molecule has 1 saturated carbocycles. The number of H-pyrrole nitrogens is 1. The Morgan fingerprint density at radius 2 is 1.90 bits per heavy atom. The van der Waals surface area contributed by atoms with Crippen molar-refractivity contribution in [3.63, 3.8) is 0 Å². The number of likely N-dealkylation sites (tertiary alicyclic amines) is 2. The molecule has 2 N–H and O–H groups in total. The number of fused-ring (bicyclic) bond motifs is 1. The summed E-state index contributed by atoms with van der Waals surface area (Å²) in [6.07, 6.45) is 16.1. The molecule has 1 unspecified atom stereocenters. The lowest BCUT2D eigenvalue weighted by Gasteiger charge is -2.56. The van der Waals surface area contributed by atoms with Crippen LogP contribution < -0.4 is 10.1 Å². The van der Waals surface area contributed by atoms with E-state index in [2.05, 4.69) is 88.5 Å². The summed E-state index contributed by atoms with van der Waals surface area (Å²) in [7, 11) is 0. The number of pyridine rings is 1. The maximum Gasteiger partial charge on any atom is 0.146 e. The van der Waals surface area contributed by atoms with E-state index in [0.29, 0.717) is 17.4 Å². The number of allylic oxidation sites excluding steroid dienone is 1. The Hall–Kier alpha value is -3.25. The van der Waals surface area contributed by atoms with Gasteiger partial charge in [0.15, 0.2) is 0 Å². The number of hydrogen-bond acceptors (Lipinski definition) is 5. The highest BCUT2D eigenvalue weighted by molar-refractivity contribution is 5.76. The molecule has 6 nitrogen and oxygen atoms in total. The van der Waals surface area contributed by atoms with Crippen LogP contribution in [0.25, 0.3) is 11.0 Å². The molecule has 5 heterocycles. The van der Waals surface area contributed by atoms with Gasteiger partial charge in [0.2, 0.25) is 0 Å². The molecule has 1 spiro atoms. The van der Waals surface area contributed by atoms with Gasteiger partial charge in [0.25, 0.3) is 0 Å². The van der Waals surface area contributed by atoms with Crippen LogP contribution in [0.15, 0.2) is 72.5 Å². The van der Waals surface area contributed by atoms with Gasteiger partial charge in [-0.1, -0.05) is 38.1 Å². The average molecular weight is 538 g/mol. The van der Waals surface area contributed by atoms with Gasteiger partial charge in [-0.2, -0.15) is 0 Å². The molecule has 210 valence electrons. The monoisotopic (exact) mass is 537 g/mol. The van der Waals surface area contributed by atoms with Crippen molar-refractivity contribution in [1.82, 2.24) is 25.1 Å². The summed E-state index contributed by atoms with van der Waals surface area (Å²) in [6.45, 7) is 10.3. The molecule has 3 aliphatic heterocycles. The summed E-state index contributed by atoms with van der Waals surface area (Å²) < 4.78 is 6.33. The molecule has 2 atom stereocenters. The number of benzene rings is 1. The summed E-state index contributed by atoms with van der Waals surface area (Å²) in [5.74, 6) is 2.31. The highest BCUT2D eigenvalue weighted by atomic mass is 16.5. The molecular formula is C34H43N5O. The normalized spacial score (nSPS) is 25.1. The number of nitrogens with zero attached hydrogens (tertiary/aromatic N) is 3. The molecule has 1 aliphatic carbocycles. The van der Waals surface area contributed by atoms with Crippen molar-refractivity contribution >= 4 is 11.0 Å². The Morgan fingerprint density at radius 1 is 1.07 bits per heavy atom. The maximum absolute atomic E-state index is 6.33. The fraction of sp³-hybridized carbons (Fsp3) is 0.500. The van der Waals surface area contributed by atoms with Gasteiger partial charge in [0.05, 0.1) is 17.9 Å². The van der Waals surface area contributed by atoms with Crippen LogP contribution in [0, 0.1) is 5.41 Å². The van der Waals surface area contributed by atoms with Gasteiger partial charge in [-0.15, -0.1) is 0 Å². The maximum atomic E-state index is 6.33. The molecular weight excluding hydrogens is 494 g/mol. The van der Waals surface area contributed by atoms with Crippen LogP contribution in [0.1, 0.15) is 82.4 Å². The van der Waals surface area contributed by atoms with E-state index in [1.54, 1.807) is 17.3 Å². The van der Waals surface area contributed by atoms with E-state index >= 15 is 0 Å². The van der Waals surface area contributed by atoms with Gasteiger partial charge in [-0.25, -0.2) is 4.98 Å². The molecule has 6 heteroatoms. The van der Waals surface area contributed by atoms with Crippen LogP contribution >= 0.6 is 0 Å². The number of nitrogens with one attached hydrogen (secondary N) is 2. The molecule has 3 fully saturated rings. The van der Waals surface area contributed by atoms with Crippen molar-refractivity contribution in [2.75, 3.05) is 19.6 Å². The van der Waals surface area contributed by atoms with Crippen LogP contribution in [0.3, 0.4) is 0 Å². The first kappa shape index (κ1) is 25.7. The van der Waals surface area contributed by atoms with Crippen molar-refractivity contribution in [3.8, 4) is 5.75 Å². The number of hydrogen-bond donors (Lipinski definition) is 2. The molecule has 2 saturated heterocycles. The second kappa shape index (κ2) is 10.3. The number of piperidine rings is 1. The number of aromatic nitrogens is 2. The van der Waals surface area contributed by atoms with Gasteiger partial charge in [0.1, 0.15) is 17.2 Å². The lowest BCUT2D eigenvalue weighted by Crippen LogP contribution is -2.54. The van der Waals surface area contributed by atoms with Gasteiger partial charge in [-0.05, 0) is 86.6 Å². The van der Waals surface area contributed by atoms with E-state index in [-0.39, 0.29) is 6.04 Å². The van der Waals surface area contributed by atoms with E-state index in [0.717, 1.165) is 41.7 Å². The Kier molecular flexibility index (Phi) is 6.62. The van der Waals surface area contributed by atoms with Crippen molar-refractivity contribution in [2.24, 2.45) is 5.41 Å². The minimum atomic E-state index is 0.128. The van der Waals surface area contributed by atoms with Crippen molar-refractivity contribution in [3.05, 3.63) is 83.7 Å². The van der Waals surface area contributed by atoms with E-state index in [1.165, 1.54) is 50.8 Å². The Morgan fingerprint density at radius 3 is 2.73 bits per heavy atom. The van der Waals surface area contributed by atoms with E-state index in [4.69, 9.17) is 4.74 Å². The highest BCUT2D eigenvalue weighted by Gasteiger charge is 2.50. The molecule has 7 rings (SSSR count). The summed E-state index contributed by atoms with van der Waals surface area (Å²) >= 11 is 0. The van der Waals surface area contributed by atoms with Gasteiger partial charge in [-0.3, -0.25) is 4.90 Å². The number of dihydropyridines is 1.